The number of ketones is 1. The predicted octanol–water partition coefficient (Wildman–Crippen LogP) is 3.79. The van der Waals surface area contributed by atoms with Gasteiger partial charge in [-0.1, -0.05) is 18.2 Å². The first-order chi connectivity index (χ1) is 10.3. The Labute approximate surface area is 129 Å². The van der Waals surface area contributed by atoms with Gasteiger partial charge >= 0.3 is 5.97 Å². The minimum atomic E-state index is -1.11. The van der Waals surface area contributed by atoms with Crippen LogP contribution < -0.4 is 4.74 Å². The number of hydrogen-bond donors (Lipinski definition) is 1. The lowest BCUT2D eigenvalue weighted by atomic mass is 9.98. The van der Waals surface area contributed by atoms with E-state index < -0.39 is 5.97 Å². The summed E-state index contributed by atoms with van der Waals surface area (Å²) < 4.78 is 5.70. The summed E-state index contributed by atoms with van der Waals surface area (Å²) in [6, 6.07) is 12.9. The van der Waals surface area contributed by atoms with Gasteiger partial charge in [-0.25, -0.2) is 4.79 Å². The van der Waals surface area contributed by atoms with Gasteiger partial charge in [-0.15, -0.1) is 0 Å². The summed E-state index contributed by atoms with van der Waals surface area (Å²) in [7, 11) is 0. The molecule has 0 unspecified atom stereocenters. The van der Waals surface area contributed by atoms with Crippen LogP contribution in [0.15, 0.2) is 48.5 Å². The van der Waals surface area contributed by atoms with Crippen molar-refractivity contribution >= 4 is 11.8 Å². The van der Waals surface area contributed by atoms with Gasteiger partial charge in [0.1, 0.15) is 11.4 Å². The summed E-state index contributed by atoms with van der Waals surface area (Å²) in [6.45, 7) is 5.82. The fourth-order valence-corrected chi connectivity index (χ4v) is 2.05. The van der Waals surface area contributed by atoms with Crippen LogP contribution in [0, 0.1) is 0 Å². The first kappa shape index (κ1) is 15.8. The molecule has 22 heavy (non-hydrogen) atoms. The largest absolute Gasteiger partial charge is 0.488 e. The maximum absolute atomic E-state index is 12.5. The minimum absolute atomic E-state index is 0.00233. The lowest BCUT2D eigenvalue weighted by Crippen LogP contribution is -2.22. The molecule has 0 spiro atoms. The van der Waals surface area contributed by atoms with Crippen LogP contribution in [-0.4, -0.2) is 22.5 Å². The van der Waals surface area contributed by atoms with E-state index in [1.165, 1.54) is 12.1 Å². The number of aromatic carboxylic acids is 1. The number of carboxylic acid groups (broad SMARTS) is 1. The number of carboxylic acids is 1. The number of rotatable bonds is 4. The van der Waals surface area contributed by atoms with Crippen molar-refractivity contribution in [2.75, 3.05) is 0 Å². The lowest BCUT2D eigenvalue weighted by molar-refractivity contribution is 0.0692. The molecule has 0 aliphatic carbocycles. The predicted molar refractivity (Wildman–Crippen MR) is 83.7 cm³/mol. The summed E-state index contributed by atoms with van der Waals surface area (Å²) in [6.07, 6.45) is 0. The van der Waals surface area contributed by atoms with Gasteiger partial charge in [-0.2, -0.15) is 0 Å². The van der Waals surface area contributed by atoms with Crippen LogP contribution in [0.4, 0.5) is 0 Å². The van der Waals surface area contributed by atoms with Crippen molar-refractivity contribution in [3.8, 4) is 5.75 Å². The van der Waals surface area contributed by atoms with Crippen LogP contribution in [-0.2, 0) is 0 Å². The zero-order valence-corrected chi connectivity index (χ0v) is 12.8. The zero-order valence-electron chi connectivity index (χ0n) is 12.8. The Hall–Kier alpha value is -2.62. The van der Waals surface area contributed by atoms with Gasteiger partial charge in [0.25, 0.3) is 0 Å². The molecule has 0 atom stereocenters. The fraction of sp³-hybridized carbons (Fsp3) is 0.222. The quantitative estimate of drug-likeness (QED) is 0.872. The van der Waals surface area contributed by atoms with E-state index in [1.807, 2.05) is 20.8 Å². The van der Waals surface area contributed by atoms with E-state index in [0.29, 0.717) is 11.3 Å². The van der Waals surface area contributed by atoms with Crippen molar-refractivity contribution in [3.63, 3.8) is 0 Å². The maximum atomic E-state index is 12.5. The molecule has 4 heteroatoms. The second-order valence-electron chi connectivity index (χ2n) is 5.92. The molecule has 0 bridgehead atoms. The van der Waals surface area contributed by atoms with Crippen LogP contribution in [0.2, 0.25) is 0 Å². The molecule has 0 saturated carbocycles. The average Bonchev–Trinajstić information content (AvgIpc) is 2.45. The lowest BCUT2D eigenvalue weighted by Gasteiger charge is -2.21. The zero-order chi connectivity index (χ0) is 16.3. The summed E-state index contributed by atoms with van der Waals surface area (Å²) in [5, 5.41) is 9.16. The molecule has 2 aromatic rings. The van der Waals surface area contributed by atoms with E-state index in [2.05, 4.69) is 0 Å². The SMILES string of the molecule is CC(C)(C)Oc1ccc(C(=O)c2ccccc2C(=O)O)cc1. The number of ether oxygens (including phenoxy) is 1. The third-order valence-corrected chi connectivity index (χ3v) is 2.94. The number of carbonyl (C=O) groups excluding carboxylic acids is 1. The van der Waals surface area contributed by atoms with E-state index >= 15 is 0 Å². The van der Waals surface area contributed by atoms with Crippen LogP contribution >= 0.6 is 0 Å². The molecule has 0 saturated heterocycles. The van der Waals surface area contributed by atoms with Crippen LogP contribution in [0.25, 0.3) is 0 Å². The monoisotopic (exact) mass is 298 g/mol. The van der Waals surface area contributed by atoms with Crippen molar-refractivity contribution in [1.82, 2.24) is 0 Å². The molecular formula is C18H18O4. The van der Waals surface area contributed by atoms with Gasteiger partial charge in [-0.05, 0) is 51.1 Å². The second-order valence-corrected chi connectivity index (χ2v) is 5.92. The Morgan fingerprint density at radius 1 is 0.909 bits per heavy atom. The van der Waals surface area contributed by atoms with Crippen molar-refractivity contribution < 1.29 is 19.4 Å². The minimum Gasteiger partial charge on any atom is -0.488 e. The molecule has 1 N–H and O–H groups in total. The molecule has 114 valence electrons. The van der Waals surface area contributed by atoms with E-state index in [0.717, 1.165) is 0 Å². The van der Waals surface area contributed by atoms with Gasteiger partial charge in [0.2, 0.25) is 0 Å². The maximum Gasteiger partial charge on any atom is 0.336 e. The molecule has 2 aromatic carbocycles. The summed E-state index contributed by atoms with van der Waals surface area (Å²) in [4.78, 5) is 23.7. The highest BCUT2D eigenvalue weighted by molar-refractivity contribution is 6.14. The molecule has 0 aromatic heterocycles. The Bertz CT molecular complexity index is 694. The first-order valence-corrected chi connectivity index (χ1v) is 6.94. The molecule has 0 heterocycles. The van der Waals surface area contributed by atoms with Crippen LogP contribution in [0.3, 0.4) is 0 Å². The molecule has 0 aliphatic heterocycles. The second kappa shape index (κ2) is 6.02. The number of hydrogen-bond acceptors (Lipinski definition) is 3. The van der Waals surface area contributed by atoms with Gasteiger partial charge in [0.15, 0.2) is 5.78 Å². The topological polar surface area (TPSA) is 63.6 Å². The smallest absolute Gasteiger partial charge is 0.336 e. The highest BCUT2D eigenvalue weighted by Gasteiger charge is 2.18. The first-order valence-electron chi connectivity index (χ1n) is 6.94. The van der Waals surface area contributed by atoms with Gasteiger partial charge in [-0.3, -0.25) is 4.79 Å². The van der Waals surface area contributed by atoms with Crippen molar-refractivity contribution in [2.24, 2.45) is 0 Å². The average molecular weight is 298 g/mol. The Morgan fingerprint density at radius 3 is 1.95 bits per heavy atom. The van der Waals surface area contributed by atoms with Crippen molar-refractivity contribution in [1.29, 1.82) is 0 Å². The summed E-state index contributed by atoms with van der Waals surface area (Å²) in [5.74, 6) is -0.771. The molecule has 4 nitrogen and oxygen atoms in total. The van der Waals surface area contributed by atoms with E-state index in [9.17, 15) is 9.59 Å². The van der Waals surface area contributed by atoms with Crippen molar-refractivity contribution in [2.45, 2.75) is 26.4 Å². The Morgan fingerprint density at radius 2 is 1.45 bits per heavy atom. The van der Waals surface area contributed by atoms with Crippen LogP contribution in [0.5, 0.6) is 5.75 Å². The molecule has 0 radical (unpaired) electrons. The highest BCUT2D eigenvalue weighted by atomic mass is 16.5. The number of carbonyl (C=O) groups is 2. The molecule has 0 fully saturated rings. The van der Waals surface area contributed by atoms with Gasteiger partial charge in [0.05, 0.1) is 5.56 Å². The van der Waals surface area contributed by atoms with E-state index in [-0.39, 0.29) is 22.5 Å². The molecule has 0 aliphatic rings. The molecular weight excluding hydrogens is 280 g/mol. The normalized spacial score (nSPS) is 11.0. The molecule has 2 rings (SSSR count). The summed E-state index contributed by atoms with van der Waals surface area (Å²) >= 11 is 0. The molecule has 0 amide bonds. The number of benzene rings is 2. The van der Waals surface area contributed by atoms with Crippen molar-refractivity contribution in [3.05, 3.63) is 65.2 Å². The Kier molecular flexibility index (Phi) is 4.31. The highest BCUT2D eigenvalue weighted by Crippen LogP contribution is 2.21. The van der Waals surface area contributed by atoms with Gasteiger partial charge < -0.3 is 9.84 Å². The summed E-state index contributed by atoms with van der Waals surface area (Å²) in [5.41, 5.74) is 0.290. The third kappa shape index (κ3) is 3.73. The van der Waals surface area contributed by atoms with Gasteiger partial charge in [0, 0.05) is 11.1 Å². The third-order valence-electron chi connectivity index (χ3n) is 2.94. The van der Waals surface area contributed by atoms with Crippen LogP contribution in [0.1, 0.15) is 47.1 Å². The Balaban J connectivity index is 2.29. The standard InChI is InChI=1S/C18H18O4/c1-18(2,3)22-13-10-8-12(9-11-13)16(19)14-6-4-5-7-15(14)17(20)21/h4-11H,1-3H3,(H,20,21). The van der Waals surface area contributed by atoms with E-state index in [4.69, 9.17) is 9.84 Å². The fourth-order valence-electron chi connectivity index (χ4n) is 2.05. The van der Waals surface area contributed by atoms with E-state index in [1.54, 1.807) is 36.4 Å².